The number of halogens is 4. The largest absolute Gasteiger partial charge is 0.433 e. The maximum atomic E-state index is 13.2. The van der Waals surface area contributed by atoms with E-state index in [1.165, 1.54) is 41.4 Å². The number of β-lactam (4-membered cyclic amide) rings is 1. The predicted octanol–water partition coefficient (Wildman–Crippen LogP) is 3.52. The van der Waals surface area contributed by atoms with E-state index in [1.807, 2.05) is 0 Å². The van der Waals surface area contributed by atoms with E-state index in [-0.39, 0.29) is 29.8 Å². The molecular formula is C19H13F4N5O. The van der Waals surface area contributed by atoms with Gasteiger partial charge < -0.3 is 10.2 Å². The van der Waals surface area contributed by atoms with Crippen LogP contribution in [0.5, 0.6) is 0 Å². The number of hydrogen-bond acceptors (Lipinski definition) is 5. The lowest BCUT2D eigenvalue weighted by molar-refractivity contribution is -0.141. The quantitative estimate of drug-likeness (QED) is 0.533. The molecule has 1 fully saturated rings. The summed E-state index contributed by atoms with van der Waals surface area (Å²) < 4.78 is 52.8. The number of anilines is 2. The zero-order valence-corrected chi connectivity index (χ0v) is 14.7. The number of nitrogens with zero attached hydrogens (tertiary/aromatic N) is 4. The molecule has 0 bridgehead atoms. The van der Waals surface area contributed by atoms with Gasteiger partial charge >= 0.3 is 6.18 Å². The zero-order chi connectivity index (χ0) is 20.6. The van der Waals surface area contributed by atoms with Gasteiger partial charge in [0, 0.05) is 18.0 Å². The fourth-order valence-electron chi connectivity index (χ4n) is 2.84. The Morgan fingerprint density at radius 1 is 1.07 bits per heavy atom. The highest BCUT2D eigenvalue weighted by atomic mass is 19.4. The maximum absolute atomic E-state index is 13.2. The topological polar surface area (TPSA) is 71.0 Å². The van der Waals surface area contributed by atoms with Gasteiger partial charge in [-0.1, -0.05) is 6.07 Å². The van der Waals surface area contributed by atoms with E-state index in [2.05, 4.69) is 20.3 Å². The van der Waals surface area contributed by atoms with Gasteiger partial charge in [-0.2, -0.15) is 13.2 Å². The molecule has 1 aliphatic heterocycles. The minimum Gasteiger partial charge on any atom is -0.357 e. The lowest BCUT2D eigenvalue weighted by Crippen LogP contribution is -2.60. The smallest absolute Gasteiger partial charge is 0.357 e. The summed E-state index contributed by atoms with van der Waals surface area (Å²) in [6, 6.07) is 10.1. The Kier molecular flexibility index (Phi) is 4.61. The monoisotopic (exact) mass is 403 g/mol. The number of carbonyl (C=O) groups excluding carboxylic acids is 1. The van der Waals surface area contributed by atoms with E-state index in [0.717, 1.165) is 6.07 Å². The molecule has 2 aromatic heterocycles. The van der Waals surface area contributed by atoms with Crippen molar-refractivity contribution in [1.29, 1.82) is 0 Å². The van der Waals surface area contributed by atoms with Crippen LogP contribution in [0.2, 0.25) is 0 Å². The summed E-state index contributed by atoms with van der Waals surface area (Å²) in [5, 5.41) is 2.72. The van der Waals surface area contributed by atoms with Crippen LogP contribution in [0.4, 0.5) is 29.1 Å². The SMILES string of the molecule is O=C1[C@H](Nc2cc(C(F)(F)F)nc(-c3ccccn3)n2)CN1c1ccc(F)cc1. The Hall–Kier alpha value is -3.56. The molecule has 0 aliphatic carbocycles. The van der Waals surface area contributed by atoms with Crippen LogP contribution >= 0.6 is 0 Å². The van der Waals surface area contributed by atoms with Crippen molar-refractivity contribution in [2.24, 2.45) is 0 Å². The van der Waals surface area contributed by atoms with Crippen molar-refractivity contribution < 1.29 is 22.4 Å². The second-order valence-electron chi connectivity index (χ2n) is 6.30. The van der Waals surface area contributed by atoms with Crippen molar-refractivity contribution in [1.82, 2.24) is 15.0 Å². The third-order valence-corrected chi connectivity index (χ3v) is 4.30. The van der Waals surface area contributed by atoms with Crippen molar-refractivity contribution in [3.8, 4) is 11.5 Å². The second-order valence-corrected chi connectivity index (χ2v) is 6.30. The molecule has 4 rings (SSSR count). The number of rotatable bonds is 4. The predicted molar refractivity (Wildman–Crippen MR) is 96.4 cm³/mol. The van der Waals surface area contributed by atoms with E-state index in [4.69, 9.17) is 0 Å². The number of hydrogen-bond donors (Lipinski definition) is 1. The highest BCUT2D eigenvalue weighted by Gasteiger charge is 2.39. The van der Waals surface area contributed by atoms with Crippen molar-refractivity contribution in [2.75, 3.05) is 16.8 Å². The molecule has 1 amide bonds. The van der Waals surface area contributed by atoms with Crippen LogP contribution in [-0.4, -0.2) is 33.4 Å². The molecular weight excluding hydrogens is 390 g/mol. The van der Waals surface area contributed by atoms with Gasteiger partial charge in [0.2, 0.25) is 0 Å². The number of nitrogens with one attached hydrogen (secondary N) is 1. The standard InChI is InChI=1S/C19H13F4N5O/c20-11-4-6-12(7-5-11)28-10-14(18(28)29)25-16-9-15(19(21,22)23)26-17(27-16)13-3-1-2-8-24-13/h1-9,14H,10H2,(H,25,26,27)/t14-/m1/s1. The Bertz CT molecular complexity index is 1040. The van der Waals surface area contributed by atoms with Crippen LogP contribution in [0.25, 0.3) is 11.5 Å². The lowest BCUT2D eigenvalue weighted by atomic mass is 10.1. The maximum Gasteiger partial charge on any atom is 0.433 e. The number of alkyl halides is 3. The number of pyridine rings is 1. The molecule has 3 heterocycles. The van der Waals surface area contributed by atoms with Crippen molar-refractivity contribution >= 4 is 17.4 Å². The van der Waals surface area contributed by atoms with E-state index in [0.29, 0.717) is 5.69 Å². The van der Waals surface area contributed by atoms with E-state index < -0.39 is 23.7 Å². The summed E-state index contributed by atoms with van der Waals surface area (Å²) in [7, 11) is 0. The van der Waals surface area contributed by atoms with Gasteiger partial charge in [-0.05, 0) is 36.4 Å². The van der Waals surface area contributed by atoms with E-state index >= 15 is 0 Å². The molecule has 1 N–H and O–H groups in total. The average molecular weight is 403 g/mol. The Morgan fingerprint density at radius 3 is 2.45 bits per heavy atom. The van der Waals surface area contributed by atoms with Gasteiger partial charge in [0.05, 0.1) is 6.54 Å². The van der Waals surface area contributed by atoms with E-state index in [9.17, 15) is 22.4 Å². The van der Waals surface area contributed by atoms with Crippen molar-refractivity contribution in [2.45, 2.75) is 12.2 Å². The van der Waals surface area contributed by atoms with Gasteiger partial charge in [-0.15, -0.1) is 0 Å². The number of aromatic nitrogens is 3. The lowest BCUT2D eigenvalue weighted by Gasteiger charge is -2.38. The summed E-state index contributed by atoms with van der Waals surface area (Å²) >= 11 is 0. The van der Waals surface area contributed by atoms with Crippen LogP contribution in [0.3, 0.4) is 0 Å². The molecule has 1 saturated heterocycles. The fourth-order valence-corrected chi connectivity index (χ4v) is 2.84. The van der Waals surface area contributed by atoms with Crippen LogP contribution in [-0.2, 0) is 11.0 Å². The third-order valence-electron chi connectivity index (χ3n) is 4.30. The van der Waals surface area contributed by atoms with Gasteiger partial charge in [0.15, 0.2) is 11.5 Å². The van der Waals surface area contributed by atoms with Crippen LogP contribution < -0.4 is 10.2 Å². The molecule has 10 heteroatoms. The summed E-state index contributed by atoms with van der Waals surface area (Å²) in [5.74, 6) is -1.13. The van der Waals surface area contributed by atoms with E-state index in [1.54, 1.807) is 12.1 Å². The molecule has 148 valence electrons. The van der Waals surface area contributed by atoms with Crippen LogP contribution in [0.1, 0.15) is 5.69 Å². The molecule has 1 aliphatic rings. The molecule has 6 nitrogen and oxygen atoms in total. The van der Waals surface area contributed by atoms with Gasteiger partial charge in [-0.25, -0.2) is 14.4 Å². The number of carbonyl (C=O) groups is 1. The average Bonchev–Trinajstić information content (AvgIpc) is 2.71. The minimum absolute atomic E-state index is 0.134. The first-order chi connectivity index (χ1) is 13.8. The Balaban J connectivity index is 1.57. The van der Waals surface area contributed by atoms with Gasteiger partial charge in [0.1, 0.15) is 23.4 Å². The van der Waals surface area contributed by atoms with Crippen LogP contribution in [0, 0.1) is 5.82 Å². The van der Waals surface area contributed by atoms with Gasteiger partial charge in [-0.3, -0.25) is 9.78 Å². The normalized spacial score (nSPS) is 16.5. The van der Waals surface area contributed by atoms with Crippen LogP contribution in [0.15, 0.2) is 54.7 Å². The Labute approximate surface area is 162 Å². The molecule has 1 atom stereocenters. The molecule has 0 radical (unpaired) electrons. The molecule has 1 aromatic carbocycles. The molecule has 3 aromatic rings. The minimum atomic E-state index is -4.69. The Morgan fingerprint density at radius 2 is 1.83 bits per heavy atom. The number of benzene rings is 1. The molecule has 29 heavy (non-hydrogen) atoms. The highest BCUT2D eigenvalue weighted by Crippen LogP contribution is 2.31. The first-order valence-corrected chi connectivity index (χ1v) is 8.52. The fraction of sp³-hybridized carbons (Fsp3) is 0.158. The summed E-state index contributed by atoms with van der Waals surface area (Å²) in [6.45, 7) is 0.203. The summed E-state index contributed by atoms with van der Waals surface area (Å²) in [4.78, 5) is 25.4. The highest BCUT2D eigenvalue weighted by molar-refractivity contribution is 6.05. The zero-order valence-electron chi connectivity index (χ0n) is 14.7. The summed E-state index contributed by atoms with van der Waals surface area (Å²) in [5.41, 5.74) is -0.463. The first kappa shape index (κ1) is 18.8. The van der Waals surface area contributed by atoms with Crippen molar-refractivity contribution in [3.63, 3.8) is 0 Å². The summed E-state index contributed by atoms with van der Waals surface area (Å²) in [6.07, 6.45) is -3.27. The van der Waals surface area contributed by atoms with Gasteiger partial charge in [0.25, 0.3) is 5.91 Å². The van der Waals surface area contributed by atoms with Crippen molar-refractivity contribution in [3.05, 3.63) is 66.2 Å². The second kappa shape index (κ2) is 7.12. The molecule has 0 saturated carbocycles. The molecule has 0 unspecified atom stereocenters. The third kappa shape index (κ3) is 3.86. The number of amides is 1. The first-order valence-electron chi connectivity index (χ1n) is 8.52. The molecule has 0 spiro atoms.